The van der Waals surface area contributed by atoms with Crippen LogP contribution in [-0.4, -0.2) is 58.7 Å². The van der Waals surface area contributed by atoms with Crippen LogP contribution in [0.5, 0.6) is 5.75 Å². The third-order valence-corrected chi connectivity index (χ3v) is 7.01. The van der Waals surface area contributed by atoms with Gasteiger partial charge in [-0.3, -0.25) is 13.9 Å². The molecule has 0 bridgehead atoms. The molecule has 0 saturated carbocycles. The first-order valence-corrected chi connectivity index (χ1v) is 11.7. The number of aromatic nitrogens is 3. The van der Waals surface area contributed by atoms with Gasteiger partial charge in [0.1, 0.15) is 23.7 Å². The fourth-order valence-electron chi connectivity index (χ4n) is 3.43. The summed E-state index contributed by atoms with van der Waals surface area (Å²) in [5, 5.41) is 21.0. The van der Waals surface area contributed by atoms with Crippen molar-refractivity contribution in [2.24, 2.45) is 0 Å². The molecule has 0 unspecified atom stereocenters. The maximum Gasteiger partial charge on any atom is 0.265 e. The number of carbonyl (C=O) groups is 2. The number of likely N-dealkylation sites (N-methyl/N-ethyl adjacent to an activating group) is 1. The fraction of sp³-hybridized carbons (Fsp3) is 0.130. The number of ketones is 1. The molecule has 1 aliphatic heterocycles. The van der Waals surface area contributed by atoms with Crippen molar-refractivity contribution in [1.29, 1.82) is 0 Å². The first kappa shape index (κ1) is 23.7. The van der Waals surface area contributed by atoms with Crippen LogP contribution in [0.25, 0.3) is 11.8 Å². The number of benzene rings is 2. The lowest BCUT2D eigenvalue weighted by atomic mass is 10.1. The lowest BCUT2D eigenvalue weighted by Gasteiger charge is -2.27. The first-order valence-electron chi connectivity index (χ1n) is 10.3. The molecule has 3 aromatic rings. The summed E-state index contributed by atoms with van der Waals surface area (Å²) in [4.78, 5) is 25.0. The van der Waals surface area contributed by atoms with Gasteiger partial charge in [0.2, 0.25) is 11.7 Å². The van der Waals surface area contributed by atoms with Gasteiger partial charge in [0.25, 0.3) is 10.0 Å². The summed E-state index contributed by atoms with van der Waals surface area (Å²) in [5.41, 5.74) is 0.516. The Hall–Kier alpha value is -4.45. The van der Waals surface area contributed by atoms with E-state index in [9.17, 15) is 23.1 Å². The average Bonchev–Trinajstić information content (AvgIpc) is 3.29. The number of nitrogens with one attached hydrogen (secondary N) is 1. The molecule has 2 aromatic carbocycles. The molecule has 0 atom stereocenters. The van der Waals surface area contributed by atoms with E-state index in [4.69, 9.17) is 4.74 Å². The van der Waals surface area contributed by atoms with Crippen LogP contribution in [-0.2, 0) is 26.2 Å². The minimum Gasteiger partial charge on any atom is -0.505 e. The van der Waals surface area contributed by atoms with Crippen LogP contribution in [0.4, 0.5) is 5.69 Å². The predicted molar refractivity (Wildman–Crippen MR) is 127 cm³/mol. The normalized spacial score (nSPS) is 14.6. The SMILES string of the molecule is COc1ccc(NC(=O)Cn2cc(/C=C/C(=O)C3=C(O)c4ccccc4S(=O)(=O)N3C)nn2)cc1. The highest BCUT2D eigenvalue weighted by Crippen LogP contribution is 2.34. The van der Waals surface area contributed by atoms with E-state index in [1.54, 1.807) is 37.4 Å². The van der Waals surface area contributed by atoms with Crippen LogP contribution in [0, 0.1) is 0 Å². The summed E-state index contributed by atoms with van der Waals surface area (Å²) < 4.78 is 32.6. The summed E-state index contributed by atoms with van der Waals surface area (Å²) in [6.45, 7) is -0.121. The summed E-state index contributed by atoms with van der Waals surface area (Å²) in [5.74, 6) is -0.855. The van der Waals surface area contributed by atoms with E-state index in [2.05, 4.69) is 15.6 Å². The van der Waals surface area contributed by atoms with Gasteiger partial charge in [0.05, 0.1) is 18.2 Å². The van der Waals surface area contributed by atoms with Crippen molar-refractivity contribution in [2.45, 2.75) is 11.4 Å². The van der Waals surface area contributed by atoms with E-state index in [1.807, 2.05) is 0 Å². The number of amides is 1. The molecule has 4 rings (SSSR count). The minimum absolute atomic E-state index is 0.0520. The van der Waals surface area contributed by atoms with Gasteiger partial charge in [-0.15, -0.1) is 5.10 Å². The number of sulfonamides is 1. The Morgan fingerprint density at radius 1 is 1.14 bits per heavy atom. The van der Waals surface area contributed by atoms with E-state index in [0.29, 0.717) is 11.4 Å². The van der Waals surface area contributed by atoms with Crippen LogP contribution >= 0.6 is 0 Å². The monoisotopic (exact) mass is 495 g/mol. The molecular formula is C23H21N5O6S. The summed E-state index contributed by atoms with van der Waals surface area (Å²) >= 11 is 0. The lowest BCUT2D eigenvalue weighted by Crippen LogP contribution is -2.34. The van der Waals surface area contributed by atoms with E-state index in [-0.39, 0.29) is 34.3 Å². The number of hydrogen-bond acceptors (Lipinski definition) is 8. The largest absolute Gasteiger partial charge is 0.505 e. The number of carbonyl (C=O) groups excluding carboxylic acids is 2. The predicted octanol–water partition coefficient (Wildman–Crippen LogP) is 2.07. The van der Waals surface area contributed by atoms with Crippen molar-refractivity contribution >= 4 is 39.2 Å². The number of aliphatic hydroxyl groups excluding tert-OH is 1. The van der Waals surface area contributed by atoms with Crippen molar-refractivity contribution in [2.75, 3.05) is 19.5 Å². The average molecular weight is 496 g/mol. The molecule has 0 radical (unpaired) electrons. The second-order valence-corrected chi connectivity index (χ2v) is 9.42. The van der Waals surface area contributed by atoms with Gasteiger partial charge >= 0.3 is 0 Å². The molecule has 0 fully saturated rings. The number of nitrogens with zero attached hydrogens (tertiary/aromatic N) is 4. The Morgan fingerprint density at radius 3 is 2.57 bits per heavy atom. The van der Waals surface area contributed by atoms with Gasteiger partial charge in [0.15, 0.2) is 5.76 Å². The number of hydrogen-bond donors (Lipinski definition) is 2. The zero-order valence-corrected chi connectivity index (χ0v) is 19.6. The Labute approximate surface area is 201 Å². The van der Waals surface area contributed by atoms with Crippen LogP contribution in [0.15, 0.2) is 71.4 Å². The quantitative estimate of drug-likeness (QED) is 0.474. The van der Waals surface area contributed by atoms with Crippen LogP contribution in [0.2, 0.25) is 0 Å². The number of methoxy groups -OCH3 is 1. The summed E-state index contributed by atoms with van der Waals surface area (Å²) in [6.07, 6.45) is 3.84. The fourth-order valence-corrected chi connectivity index (χ4v) is 4.84. The third kappa shape index (κ3) is 4.77. The number of rotatable bonds is 7. The number of ether oxygens (including phenoxy) is 1. The Morgan fingerprint density at radius 2 is 1.86 bits per heavy atom. The zero-order chi connectivity index (χ0) is 25.2. The van der Waals surface area contributed by atoms with Gasteiger partial charge in [-0.25, -0.2) is 13.1 Å². The van der Waals surface area contributed by atoms with Crippen molar-refractivity contribution in [3.8, 4) is 5.75 Å². The van der Waals surface area contributed by atoms with E-state index in [1.165, 1.54) is 42.2 Å². The number of fused-ring (bicyclic) bond motifs is 1. The molecule has 0 saturated heterocycles. The van der Waals surface area contributed by atoms with Gasteiger partial charge in [-0.1, -0.05) is 17.3 Å². The molecule has 11 nitrogen and oxygen atoms in total. The van der Waals surface area contributed by atoms with Crippen molar-refractivity contribution in [1.82, 2.24) is 19.3 Å². The molecule has 180 valence electrons. The molecule has 1 aliphatic rings. The van der Waals surface area contributed by atoms with Gasteiger partial charge in [0, 0.05) is 18.3 Å². The van der Waals surface area contributed by atoms with Gasteiger partial charge < -0.3 is 15.2 Å². The third-order valence-electron chi connectivity index (χ3n) is 5.19. The zero-order valence-electron chi connectivity index (χ0n) is 18.7. The van der Waals surface area contributed by atoms with Gasteiger partial charge in [-0.05, 0) is 48.6 Å². The van der Waals surface area contributed by atoms with Crippen molar-refractivity contribution in [3.05, 3.63) is 77.8 Å². The second-order valence-electron chi connectivity index (χ2n) is 7.48. The van der Waals surface area contributed by atoms with Gasteiger partial charge in [-0.2, -0.15) is 0 Å². The van der Waals surface area contributed by atoms with Crippen LogP contribution < -0.4 is 10.1 Å². The van der Waals surface area contributed by atoms with Crippen molar-refractivity contribution in [3.63, 3.8) is 0 Å². The lowest BCUT2D eigenvalue weighted by molar-refractivity contribution is -0.117. The number of anilines is 1. The standard InChI is InChI=1S/C23H21N5O6S/c1-27-22(23(31)18-5-3-4-6-20(18)35(27,32)33)19(29)12-9-16-13-28(26-25-16)14-21(30)24-15-7-10-17(34-2)11-8-15/h3-13,31H,14H2,1-2H3,(H,24,30)/b12-9+. The molecule has 1 amide bonds. The smallest absolute Gasteiger partial charge is 0.265 e. The van der Waals surface area contributed by atoms with E-state index < -0.39 is 21.6 Å². The van der Waals surface area contributed by atoms with E-state index >= 15 is 0 Å². The highest BCUT2D eigenvalue weighted by molar-refractivity contribution is 7.89. The number of aliphatic hydroxyl groups is 1. The molecule has 1 aromatic heterocycles. The molecular weight excluding hydrogens is 474 g/mol. The van der Waals surface area contributed by atoms with E-state index in [0.717, 1.165) is 10.4 Å². The summed E-state index contributed by atoms with van der Waals surface area (Å²) in [6, 6.07) is 12.7. The molecule has 0 aliphatic carbocycles. The molecule has 2 N–H and O–H groups in total. The highest BCUT2D eigenvalue weighted by atomic mass is 32.2. The van der Waals surface area contributed by atoms with Crippen LogP contribution in [0.3, 0.4) is 0 Å². The molecule has 0 spiro atoms. The maximum absolute atomic E-state index is 12.8. The molecule has 12 heteroatoms. The highest BCUT2D eigenvalue weighted by Gasteiger charge is 2.36. The Balaban J connectivity index is 1.46. The van der Waals surface area contributed by atoms with Crippen LogP contribution in [0.1, 0.15) is 11.3 Å². The maximum atomic E-state index is 12.8. The first-order chi connectivity index (χ1) is 16.7. The topological polar surface area (TPSA) is 144 Å². The minimum atomic E-state index is -3.99. The molecule has 35 heavy (non-hydrogen) atoms. The second kappa shape index (κ2) is 9.43. The van der Waals surface area contributed by atoms with Crippen molar-refractivity contribution < 1.29 is 27.9 Å². The summed E-state index contributed by atoms with van der Waals surface area (Å²) in [7, 11) is -1.25. The number of allylic oxidation sites excluding steroid dienone is 1. The Bertz CT molecular complexity index is 1460. The molecule has 2 heterocycles. The Kier molecular flexibility index (Phi) is 6.38.